The molecule has 0 aromatic heterocycles. The highest BCUT2D eigenvalue weighted by Crippen LogP contribution is 2.67. The number of nitrogens with zero attached hydrogens (tertiary/aromatic N) is 2. The molecular formula is C88H126N2O8P4S4. The van der Waals surface area contributed by atoms with Gasteiger partial charge in [0.05, 0.1) is 10.6 Å². The third-order valence-electron chi connectivity index (χ3n) is 22.8. The predicted molar refractivity (Wildman–Crippen MR) is 462 cm³/mol. The van der Waals surface area contributed by atoms with Crippen molar-refractivity contribution in [2.24, 2.45) is 0 Å². The molecule has 0 fully saturated rings. The van der Waals surface area contributed by atoms with Crippen LogP contribution in [0.3, 0.4) is 0 Å². The molecule has 6 aromatic carbocycles. The van der Waals surface area contributed by atoms with E-state index in [9.17, 15) is 0 Å². The number of hydrogen-bond donors (Lipinski definition) is 0. The average Bonchev–Trinajstić information content (AvgIpc) is 0.724. The first-order valence-electron chi connectivity index (χ1n) is 41.7. The quantitative estimate of drug-likeness (QED) is 0.0269. The summed E-state index contributed by atoms with van der Waals surface area (Å²) in [6, 6.07) is 39.0. The van der Waals surface area contributed by atoms with Gasteiger partial charge >= 0.3 is 26.3 Å². The lowest BCUT2D eigenvalue weighted by Crippen LogP contribution is -2.24. The van der Waals surface area contributed by atoms with Gasteiger partial charge in [0.2, 0.25) is 0 Å². The van der Waals surface area contributed by atoms with E-state index in [4.69, 9.17) is 83.4 Å². The van der Waals surface area contributed by atoms with Crippen LogP contribution >= 0.6 is 26.3 Å². The largest absolute Gasteiger partial charge is 0.432 e. The van der Waals surface area contributed by atoms with Gasteiger partial charge in [0.25, 0.3) is 0 Å². The van der Waals surface area contributed by atoms with Crippen molar-refractivity contribution >= 4 is 84.1 Å². The second-order valence-electron chi connectivity index (χ2n) is 31.4. The second-order valence-corrected chi connectivity index (χ2v) is 45.0. The molecule has 0 radical (unpaired) electrons. The molecular weight excluding hydrogens is 1470 g/mol. The van der Waals surface area contributed by atoms with Crippen molar-refractivity contribution in [2.75, 3.05) is 28.2 Å². The maximum atomic E-state index is 7.76. The van der Waals surface area contributed by atoms with Crippen LogP contribution in [0.5, 0.6) is 46.0 Å². The lowest BCUT2D eigenvalue weighted by atomic mass is 9.76. The molecule has 8 unspecified atom stereocenters. The minimum atomic E-state index is -3.52. The van der Waals surface area contributed by atoms with Crippen LogP contribution in [0.1, 0.15) is 353 Å². The summed E-state index contributed by atoms with van der Waals surface area (Å²) in [5.41, 5.74) is 8.64. The molecule has 0 amide bonds. The van der Waals surface area contributed by atoms with E-state index >= 15 is 0 Å². The molecule has 0 saturated carbocycles. The fourth-order valence-electron chi connectivity index (χ4n) is 16.6. The molecule has 11 rings (SSSR count). The fraction of sp³-hybridized carbons (Fsp3) is 0.591. The Labute approximate surface area is 660 Å². The molecule has 580 valence electrons. The van der Waals surface area contributed by atoms with Gasteiger partial charge in [-0.1, -0.05) is 295 Å². The summed E-state index contributed by atoms with van der Waals surface area (Å²) >= 11 is 27.9. The van der Waals surface area contributed by atoms with Crippen LogP contribution in [0, 0.1) is 0 Å². The second kappa shape index (κ2) is 40.6. The Morgan fingerprint density at radius 3 is 0.613 bits per heavy atom. The highest BCUT2D eigenvalue weighted by atomic mass is 32.5. The van der Waals surface area contributed by atoms with Gasteiger partial charge in [0, 0.05) is 116 Å². The lowest BCUT2D eigenvalue weighted by molar-refractivity contribution is 0.387. The van der Waals surface area contributed by atoms with E-state index < -0.39 is 26.3 Å². The van der Waals surface area contributed by atoms with Gasteiger partial charge in [-0.3, -0.25) is 0 Å². The maximum absolute atomic E-state index is 7.76. The first kappa shape index (κ1) is 83.2. The molecule has 0 spiro atoms. The van der Waals surface area contributed by atoms with Gasteiger partial charge in [-0.05, 0) is 126 Å². The predicted octanol–water partition coefficient (Wildman–Crippen LogP) is 28.1. The molecule has 4 heterocycles. The average molecular weight is 1590 g/mol. The van der Waals surface area contributed by atoms with Gasteiger partial charge in [-0.2, -0.15) is 0 Å². The molecule has 8 bridgehead atoms. The van der Waals surface area contributed by atoms with E-state index in [0.29, 0.717) is 46.0 Å². The van der Waals surface area contributed by atoms with E-state index in [1.54, 1.807) is 0 Å². The van der Waals surface area contributed by atoms with E-state index in [2.05, 4.69) is 100 Å². The Morgan fingerprint density at radius 1 is 0.245 bits per heavy atom. The zero-order chi connectivity index (χ0) is 74.5. The van der Waals surface area contributed by atoms with Crippen molar-refractivity contribution in [1.29, 1.82) is 0 Å². The first-order chi connectivity index (χ1) is 51.5. The van der Waals surface area contributed by atoms with Crippen molar-refractivity contribution in [3.63, 3.8) is 0 Å². The zero-order valence-corrected chi connectivity index (χ0v) is 72.4. The maximum Gasteiger partial charge on any atom is 0.367 e. The zero-order valence-electron chi connectivity index (χ0n) is 65.6. The van der Waals surface area contributed by atoms with Crippen molar-refractivity contribution in [1.82, 2.24) is 9.34 Å². The summed E-state index contributed by atoms with van der Waals surface area (Å²) in [6.45, 7) is -4.68. The summed E-state index contributed by atoms with van der Waals surface area (Å²) in [5, 5.41) is 1.59. The third-order valence-corrected chi connectivity index (χ3v) is 35.1. The molecule has 1 aliphatic carbocycles. The van der Waals surface area contributed by atoms with Gasteiger partial charge < -0.3 is 36.2 Å². The van der Waals surface area contributed by atoms with Gasteiger partial charge in [0.1, 0.15) is 46.0 Å². The summed E-state index contributed by atoms with van der Waals surface area (Å²) in [5.74, 6) is 4.46. The number of benzene rings is 6. The first-order valence-corrected chi connectivity index (χ1v) is 52.1. The third kappa shape index (κ3) is 21.1. The standard InChI is InChI=1S/C88H126N2O8P4S4/c1-9-13-17-21-25-29-33-37-47-55-69-73-59-74-70(56-48-38-34-30-26-22-18-14-10-2)76-61-78-72(58-50-40-36-32-28-24-20-16-12-4)80-62-79-71(57-49-39-35-31-27-23-19-15-11-3)77-60-75(69)83-64-85(77)95-101(105,89(5)6)97-87(79)66-88(80)98-102(106,90(7)8)96-86(78)65-84(76)94-100(104,68-53-45-42-46-54-68)92-82(74)63-81(73)91-99(103,93-83)67-51-43-41-44-52-67/h41-46,51-54,59-66,69-72H,9-40,47-50,55-58H2,1-8H3. The molecule has 5 aliphatic rings. The van der Waals surface area contributed by atoms with Crippen LogP contribution in [-0.4, -0.2) is 37.5 Å². The lowest BCUT2D eigenvalue weighted by Gasteiger charge is -2.40. The molecule has 6 aromatic rings. The minimum Gasteiger partial charge on any atom is -0.432 e. The molecule has 8 atom stereocenters. The van der Waals surface area contributed by atoms with Crippen molar-refractivity contribution < 1.29 is 36.2 Å². The molecule has 0 saturated heterocycles. The Hall–Kier alpha value is -3.76. The van der Waals surface area contributed by atoms with E-state index in [1.807, 2.05) is 73.9 Å². The Balaban J connectivity index is 1.21. The summed E-state index contributed by atoms with van der Waals surface area (Å²) in [7, 11) is 7.92. The Bertz CT molecular complexity index is 3760. The van der Waals surface area contributed by atoms with Crippen molar-refractivity contribution in [2.45, 2.75) is 308 Å². The van der Waals surface area contributed by atoms with Gasteiger partial charge in [-0.15, -0.1) is 0 Å². The van der Waals surface area contributed by atoms with Crippen LogP contribution < -0.4 is 46.8 Å². The van der Waals surface area contributed by atoms with Crippen LogP contribution in [0.15, 0.2) is 109 Å². The number of rotatable bonds is 44. The minimum absolute atomic E-state index is 0.201. The van der Waals surface area contributed by atoms with Crippen LogP contribution in [0.2, 0.25) is 0 Å². The summed E-state index contributed by atoms with van der Waals surface area (Å²) in [4.78, 5) is 0. The van der Waals surface area contributed by atoms with Crippen LogP contribution in [-0.2, 0) is 47.2 Å². The topological polar surface area (TPSA) is 80.3 Å². The van der Waals surface area contributed by atoms with Gasteiger partial charge in [-0.25, -0.2) is 9.34 Å². The molecule has 106 heavy (non-hydrogen) atoms. The van der Waals surface area contributed by atoms with Crippen LogP contribution in [0.25, 0.3) is 0 Å². The Kier molecular flexibility index (Phi) is 31.9. The SMILES string of the molecule is CCCCCCCCCCCC1c2cc3c4cc2OP(=S)(c2ccccc2)Oc2cc5c(cc21)C(CCCCCCCCCCC)c1cc2c(cc1OP(=S)(N(C)C)O5)OP(=S)(N(C)C)Oc1cc(c(cc1C2CCCCCCCCCCC)C3CCCCCCCCCCC)OP(=S)(c1ccccc1)O4. The smallest absolute Gasteiger partial charge is 0.367 e. The van der Waals surface area contributed by atoms with Crippen molar-refractivity contribution in [3.05, 3.63) is 154 Å². The van der Waals surface area contributed by atoms with Gasteiger partial charge in [0.15, 0.2) is 0 Å². The number of unbranched alkanes of at least 4 members (excludes halogenated alkanes) is 32. The van der Waals surface area contributed by atoms with Crippen LogP contribution in [0.4, 0.5) is 0 Å². The van der Waals surface area contributed by atoms with E-state index in [0.717, 1.165) is 132 Å². The summed E-state index contributed by atoms with van der Waals surface area (Å²) in [6.07, 6.45) is 47.1. The molecule has 18 heteroatoms. The van der Waals surface area contributed by atoms with Crippen molar-refractivity contribution in [3.8, 4) is 46.0 Å². The fourth-order valence-corrected chi connectivity index (χ4v) is 24.8. The normalized spacial score (nSPS) is 22.3. The number of hydrogen-bond acceptors (Lipinski definition) is 12. The highest BCUT2D eigenvalue weighted by Gasteiger charge is 2.45. The van der Waals surface area contributed by atoms with E-state index in [-0.39, 0.29) is 23.7 Å². The molecule has 4 aliphatic heterocycles. The summed E-state index contributed by atoms with van der Waals surface area (Å²) < 4.78 is 65.2. The highest BCUT2D eigenvalue weighted by molar-refractivity contribution is 8.14. The van der Waals surface area contributed by atoms with E-state index in [1.165, 1.54) is 180 Å². The molecule has 0 N–H and O–H groups in total. The monoisotopic (exact) mass is 1590 g/mol. The Morgan fingerprint density at radius 2 is 0.425 bits per heavy atom. The molecule has 10 nitrogen and oxygen atoms in total.